The molecule has 0 aliphatic carbocycles. The number of pyridine rings is 1. The van der Waals surface area contributed by atoms with Gasteiger partial charge in [-0.15, -0.1) is 0 Å². The largest absolute Gasteiger partial charge is 0.497 e. The van der Waals surface area contributed by atoms with Gasteiger partial charge in [0.25, 0.3) is 11.5 Å². The smallest absolute Gasteiger partial charge is 0.279 e. The van der Waals surface area contributed by atoms with E-state index in [1.165, 1.54) is 0 Å². The van der Waals surface area contributed by atoms with E-state index in [1.54, 1.807) is 7.11 Å². The molecule has 0 fully saturated rings. The van der Waals surface area contributed by atoms with E-state index in [-0.39, 0.29) is 0 Å². The number of aliphatic hydroxyl groups is 1. The molecular formula is C21H20ClN2O2+. The van der Waals surface area contributed by atoms with E-state index >= 15 is 0 Å². The van der Waals surface area contributed by atoms with Crippen LogP contribution in [-0.2, 0) is 18.8 Å². The number of anilines is 1. The van der Waals surface area contributed by atoms with Crippen molar-refractivity contribution < 1.29 is 14.4 Å². The number of aromatic nitrogens is 1. The first kappa shape index (κ1) is 16.9. The van der Waals surface area contributed by atoms with Gasteiger partial charge in [-0.25, -0.2) is 9.47 Å². The van der Waals surface area contributed by atoms with Crippen molar-refractivity contribution in [3.05, 3.63) is 89.1 Å². The lowest BCUT2D eigenvalue weighted by Crippen LogP contribution is -2.45. The molecule has 0 spiro atoms. The van der Waals surface area contributed by atoms with E-state index in [9.17, 15) is 5.11 Å². The van der Waals surface area contributed by atoms with Crippen molar-refractivity contribution in [3.8, 4) is 5.75 Å². The average Bonchev–Trinajstić information content (AvgIpc) is 2.96. The van der Waals surface area contributed by atoms with Crippen LogP contribution >= 0.6 is 11.6 Å². The Hall–Kier alpha value is -2.56. The van der Waals surface area contributed by atoms with Crippen molar-refractivity contribution in [1.82, 2.24) is 0 Å². The Kier molecular flexibility index (Phi) is 4.31. The Labute approximate surface area is 157 Å². The minimum atomic E-state index is -1.14. The summed E-state index contributed by atoms with van der Waals surface area (Å²) >= 11 is 6.04. The fourth-order valence-corrected chi connectivity index (χ4v) is 3.57. The highest BCUT2D eigenvalue weighted by Gasteiger charge is 2.51. The van der Waals surface area contributed by atoms with Crippen molar-refractivity contribution in [2.45, 2.75) is 18.8 Å². The Balaban J connectivity index is 1.74. The molecule has 1 atom stereocenters. The van der Waals surface area contributed by atoms with Crippen LogP contribution < -0.4 is 14.2 Å². The maximum absolute atomic E-state index is 11.6. The Morgan fingerprint density at radius 1 is 1.08 bits per heavy atom. The summed E-state index contributed by atoms with van der Waals surface area (Å²) in [5, 5.41) is 12.3. The third-order valence-corrected chi connectivity index (χ3v) is 5.09. The summed E-state index contributed by atoms with van der Waals surface area (Å²) in [5.74, 6) is 1.79. The number of fused-ring (bicyclic) bond motifs is 1. The molecule has 2 aromatic carbocycles. The quantitative estimate of drug-likeness (QED) is 0.717. The number of nitrogens with zero attached hydrogens (tertiary/aromatic N) is 2. The summed E-state index contributed by atoms with van der Waals surface area (Å²) in [6.45, 7) is 1.04. The van der Waals surface area contributed by atoms with Crippen molar-refractivity contribution in [3.63, 3.8) is 0 Å². The van der Waals surface area contributed by atoms with Crippen LogP contribution in [0.2, 0.25) is 5.02 Å². The van der Waals surface area contributed by atoms with Crippen LogP contribution in [-0.4, -0.2) is 12.2 Å². The van der Waals surface area contributed by atoms with Gasteiger partial charge in [0.2, 0.25) is 0 Å². The van der Waals surface area contributed by atoms with Crippen LogP contribution in [0, 0.1) is 0 Å². The summed E-state index contributed by atoms with van der Waals surface area (Å²) in [4.78, 5) is 2.03. The van der Waals surface area contributed by atoms with E-state index in [1.807, 2.05) is 77.8 Å². The molecule has 26 heavy (non-hydrogen) atoms. The number of halogens is 1. The normalized spacial score (nSPS) is 18.7. The van der Waals surface area contributed by atoms with Crippen LogP contribution in [0.15, 0.2) is 72.9 Å². The van der Waals surface area contributed by atoms with E-state index < -0.39 is 5.72 Å². The SMILES string of the molecule is COc1ccc(CN2c3cccc[n+]3C[C@@]2(O)c2ccc(Cl)cc2)cc1. The molecule has 2 heterocycles. The van der Waals surface area contributed by atoms with Gasteiger partial charge in [-0.1, -0.05) is 41.9 Å². The van der Waals surface area contributed by atoms with Crippen molar-refractivity contribution in [1.29, 1.82) is 0 Å². The zero-order valence-corrected chi connectivity index (χ0v) is 15.2. The Bertz CT molecular complexity index is 912. The molecule has 0 amide bonds. The molecular weight excluding hydrogens is 348 g/mol. The number of methoxy groups -OCH3 is 1. The summed E-state index contributed by atoms with van der Waals surface area (Å²) in [5.41, 5.74) is 0.772. The van der Waals surface area contributed by atoms with Gasteiger partial charge in [-0.05, 0) is 35.9 Å². The van der Waals surface area contributed by atoms with Gasteiger partial charge < -0.3 is 9.84 Å². The topological polar surface area (TPSA) is 36.6 Å². The fraction of sp³-hybridized carbons (Fsp3) is 0.190. The lowest BCUT2D eigenvalue weighted by Gasteiger charge is -2.27. The second kappa shape index (κ2) is 6.63. The second-order valence-corrected chi connectivity index (χ2v) is 6.88. The highest BCUT2D eigenvalue weighted by atomic mass is 35.5. The fourth-order valence-electron chi connectivity index (χ4n) is 3.45. The summed E-state index contributed by atoms with van der Waals surface area (Å²) in [6, 6.07) is 21.3. The molecule has 0 bridgehead atoms. The maximum Gasteiger partial charge on any atom is 0.279 e. The first-order valence-corrected chi connectivity index (χ1v) is 8.85. The van der Waals surface area contributed by atoms with Gasteiger partial charge >= 0.3 is 0 Å². The molecule has 1 N–H and O–H groups in total. The minimum Gasteiger partial charge on any atom is -0.497 e. The van der Waals surface area contributed by atoms with Crippen LogP contribution in [0.5, 0.6) is 5.75 Å². The number of ether oxygens (including phenoxy) is 1. The molecule has 1 aromatic heterocycles. The van der Waals surface area contributed by atoms with Crippen LogP contribution in [0.25, 0.3) is 0 Å². The maximum atomic E-state index is 11.6. The van der Waals surface area contributed by atoms with E-state index in [4.69, 9.17) is 16.3 Å². The van der Waals surface area contributed by atoms with Gasteiger partial charge in [0.15, 0.2) is 6.54 Å². The molecule has 0 unspecified atom stereocenters. The molecule has 0 radical (unpaired) electrons. The lowest BCUT2D eigenvalue weighted by molar-refractivity contribution is -0.683. The average molecular weight is 368 g/mol. The van der Waals surface area contributed by atoms with Gasteiger partial charge in [0.05, 0.1) is 13.3 Å². The van der Waals surface area contributed by atoms with E-state index in [0.29, 0.717) is 18.1 Å². The molecule has 0 saturated carbocycles. The van der Waals surface area contributed by atoms with Crippen LogP contribution in [0.1, 0.15) is 11.1 Å². The van der Waals surface area contributed by atoms with E-state index in [2.05, 4.69) is 4.57 Å². The first-order valence-electron chi connectivity index (χ1n) is 8.47. The Morgan fingerprint density at radius 3 is 2.50 bits per heavy atom. The molecule has 0 saturated heterocycles. The van der Waals surface area contributed by atoms with E-state index in [0.717, 1.165) is 22.7 Å². The predicted molar refractivity (Wildman–Crippen MR) is 101 cm³/mol. The molecule has 1 aliphatic heterocycles. The highest BCUT2D eigenvalue weighted by molar-refractivity contribution is 6.30. The summed E-state index contributed by atoms with van der Waals surface area (Å²) < 4.78 is 7.30. The molecule has 132 valence electrons. The monoisotopic (exact) mass is 367 g/mol. The van der Waals surface area contributed by atoms with Gasteiger partial charge in [-0.3, -0.25) is 0 Å². The molecule has 4 nitrogen and oxygen atoms in total. The third kappa shape index (κ3) is 2.91. The number of hydrogen-bond acceptors (Lipinski definition) is 3. The highest BCUT2D eigenvalue weighted by Crippen LogP contribution is 2.36. The predicted octanol–water partition coefficient (Wildman–Crippen LogP) is 3.50. The molecule has 1 aliphatic rings. The Morgan fingerprint density at radius 2 is 1.81 bits per heavy atom. The number of hydrogen-bond donors (Lipinski definition) is 1. The van der Waals surface area contributed by atoms with Crippen LogP contribution in [0.3, 0.4) is 0 Å². The number of rotatable bonds is 4. The van der Waals surface area contributed by atoms with Gasteiger partial charge in [0, 0.05) is 16.7 Å². The minimum absolute atomic E-state index is 0.459. The van der Waals surface area contributed by atoms with Crippen LogP contribution in [0.4, 0.5) is 5.82 Å². The number of benzene rings is 2. The molecule has 5 heteroatoms. The third-order valence-electron chi connectivity index (χ3n) is 4.84. The summed E-state index contributed by atoms with van der Waals surface area (Å²) in [7, 11) is 1.65. The van der Waals surface area contributed by atoms with Gasteiger partial charge in [0.1, 0.15) is 12.3 Å². The molecule has 4 rings (SSSR count). The standard InChI is InChI=1S/C21H20ClN2O2/c1-26-19-11-5-16(6-12-19)14-24-20-4-2-3-13-23(20)15-21(24,25)17-7-9-18(22)10-8-17/h2-13,25H,14-15H2,1H3/q+1/t21-/m1/s1. The van der Waals surface area contributed by atoms with Crippen molar-refractivity contribution >= 4 is 17.4 Å². The second-order valence-electron chi connectivity index (χ2n) is 6.44. The summed E-state index contributed by atoms with van der Waals surface area (Å²) in [6.07, 6.45) is 1.99. The van der Waals surface area contributed by atoms with Gasteiger partial charge in [-0.2, -0.15) is 0 Å². The first-order chi connectivity index (χ1) is 12.6. The van der Waals surface area contributed by atoms with Crippen molar-refractivity contribution in [2.75, 3.05) is 12.0 Å². The lowest BCUT2D eigenvalue weighted by atomic mass is 10.0. The molecule has 3 aromatic rings. The zero-order chi connectivity index (χ0) is 18.1. The zero-order valence-electron chi connectivity index (χ0n) is 14.5. The van der Waals surface area contributed by atoms with Crippen molar-refractivity contribution in [2.24, 2.45) is 0 Å².